The van der Waals surface area contributed by atoms with Gasteiger partial charge < -0.3 is 19.9 Å². The fourth-order valence-corrected chi connectivity index (χ4v) is 2.98. The molecule has 0 radical (unpaired) electrons. The first-order valence-electron chi connectivity index (χ1n) is 8.45. The van der Waals surface area contributed by atoms with Crippen LogP contribution < -0.4 is 10.1 Å². The van der Waals surface area contributed by atoms with Gasteiger partial charge in [-0.05, 0) is 43.5 Å². The van der Waals surface area contributed by atoms with Gasteiger partial charge in [0, 0.05) is 37.4 Å². The molecule has 0 atom stereocenters. The predicted octanol–water partition coefficient (Wildman–Crippen LogP) is 3.03. The van der Waals surface area contributed by atoms with Crippen molar-refractivity contribution in [3.8, 4) is 22.8 Å². The van der Waals surface area contributed by atoms with E-state index < -0.39 is 6.61 Å². The molecule has 0 bridgehead atoms. The number of aryl methyl sites for hydroxylation is 1. The summed E-state index contributed by atoms with van der Waals surface area (Å²) >= 11 is 0. The van der Waals surface area contributed by atoms with Gasteiger partial charge in [-0.25, -0.2) is 0 Å². The van der Waals surface area contributed by atoms with E-state index in [0.717, 1.165) is 37.8 Å². The lowest BCUT2D eigenvalue weighted by molar-refractivity contribution is -0.0499. The summed E-state index contributed by atoms with van der Waals surface area (Å²) in [6, 6.07) is 6.58. The number of hydrogen-bond acceptors (Lipinski definition) is 6. The highest BCUT2D eigenvalue weighted by Crippen LogP contribution is 2.35. The largest absolute Gasteiger partial charge is 0.507 e. The lowest BCUT2D eigenvalue weighted by Gasteiger charge is -2.22. The number of aromatic hydroxyl groups is 1. The number of alkyl halides is 2. The summed E-state index contributed by atoms with van der Waals surface area (Å²) < 4.78 is 34.3. The highest BCUT2D eigenvalue weighted by molar-refractivity contribution is 5.71. The normalized spacial score (nSPS) is 15.4. The minimum absolute atomic E-state index is 0.0935. The molecule has 26 heavy (non-hydrogen) atoms. The second-order valence-electron chi connectivity index (χ2n) is 6.19. The van der Waals surface area contributed by atoms with Crippen LogP contribution in [0.25, 0.3) is 11.3 Å². The zero-order valence-electron chi connectivity index (χ0n) is 14.4. The molecule has 1 aromatic carbocycles. The minimum Gasteiger partial charge on any atom is -0.507 e. The first-order valence-corrected chi connectivity index (χ1v) is 8.45. The van der Waals surface area contributed by atoms with Crippen molar-refractivity contribution in [3.05, 3.63) is 35.5 Å². The van der Waals surface area contributed by atoms with E-state index in [1.165, 1.54) is 6.07 Å². The quantitative estimate of drug-likeness (QED) is 0.820. The SMILES string of the molecule is Cc1cc(OC(F)F)cc(O)c1-c1ccc(CNC2CCOCC2)nn1. The summed E-state index contributed by atoms with van der Waals surface area (Å²) in [5.74, 6) is -0.271. The summed E-state index contributed by atoms with van der Waals surface area (Å²) in [6.45, 7) is 0.889. The summed E-state index contributed by atoms with van der Waals surface area (Å²) in [7, 11) is 0. The molecule has 0 aliphatic carbocycles. The Morgan fingerprint density at radius 1 is 1.27 bits per heavy atom. The van der Waals surface area contributed by atoms with Crippen molar-refractivity contribution in [1.82, 2.24) is 15.5 Å². The fourth-order valence-electron chi connectivity index (χ4n) is 2.98. The van der Waals surface area contributed by atoms with E-state index in [4.69, 9.17) is 4.74 Å². The number of halogens is 2. The second kappa shape index (κ2) is 8.37. The molecule has 3 rings (SSSR count). The Morgan fingerprint density at radius 2 is 2.04 bits per heavy atom. The van der Waals surface area contributed by atoms with Gasteiger partial charge in [0.25, 0.3) is 0 Å². The van der Waals surface area contributed by atoms with Gasteiger partial charge in [0.2, 0.25) is 0 Å². The number of benzene rings is 1. The first kappa shape index (κ1) is 18.5. The van der Waals surface area contributed by atoms with Crippen LogP contribution in [0.5, 0.6) is 11.5 Å². The number of rotatable bonds is 6. The molecule has 2 N–H and O–H groups in total. The van der Waals surface area contributed by atoms with Gasteiger partial charge in [-0.1, -0.05) is 0 Å². The van der Waals surface area contributed by atoms with Crippen LogP contribution >= 0.6 is 0 Å². The average molecular weight is 365 g/mol. The molecule has 140 valence electrons. The molecule has 0 spiro atoms. The zero-order chi connectivity index (χ0) is 18.5. The summed E-state index contributed by atoms with van der Waals surface area (Å²) in [6.07, 6.45) is 1.96. The molecule has 1 saturated heterocycles. The van der Waals surface area contributed by atoms with Crippen LogP contribution in [0.2, 0.25) is 0 Å². The van der Waals surface area contributed by atoms with Crippen molar-refractivity contribution in [3.63, 3.8) is 0 Å². The number of nitrogens with zero attached hydrogens (tertiary/aromatic N) is 2. The number of nitrogens with one attached hydrogen (secondary N) is 1. The topological polar surface area (TPSA) is 76.5 Å². The Balaban J connectivity index is 1.69. The molecule has 0 saturated carbocycles. The molecule has 1 fully saturated rings. The molecule has 2 heterocycles. The van der Waals surface area contributed by atoms with Crippen molar-refractivity contribution < 1.29 is 23.4 Å². The molecule has 0 amide bonds. The Kier molecular flexibility index (Phi) is 5.95. The maximum atomic E-state index is 12.3. The Morgan fingerprint density at radius 3 is 2.65 bits per heavy atom. The molecule has 1 aliphatic heterocycles. The van der Waals surface area contributed by atoms with E-state index in [0.29, 0.717) is 29.4 Å². The summed E-state index contributed by atoms with van der Waals surface area (Å²) in [4.78, 5) is 0. The van der Waals surface area contributed by atoms with Gasteiger partial charge in [0.1, 0.15) is 11.5 Å². The third-order valence-electron chi connectivity index (χ3n) is 4.28. The number of hydrogen-bond donors (Lipinski definition) is 2. The number of phenols is 1. The van der Waals surface area contributed by atoms with E-state index in [-0.39, 0.29) is 11.5 Å². The van der Waals surface area contributed by atoms with Crippen molar-refractivity contribution >= 4 is 0 Å². The monoisotopic (exact) mass is 365 g/mol. The number of aromatic nitrogens is 2. The number of phenolic OH excluding ortho intramolecular Hbond substituents is 1. The van der Waals surface area contributed by atoms with Crippen molar-refractivity contribution in [2.75, 3.05) is 13.2 Å². The van der Waals surface area contributed by atoms with Gasteiger partial charge in [-0.2, -0.15) is 19.0 Å². The van der Waals surface area contributed by atoms with Crippen LogP contribution in [0.1, 0.15) is 24.1 Å². The van der Waals surface area contributed by atoms with E-state index in [2.05, 4.69) is 20.3 Å². The maximum absolute atomic E-state index is 12.3. The van der Waals surface area contributed by atoms with Gasteiger partial charge in [0.15, 0.2) is 0 Å². The van der Waals surface area contributed by atoms with Crippen LogP contribution in [0.15, 0.2) is 24.3 Å². The predicted molar refractivity (Wildman–Crippen MR) is 91.2 cm³/mol. The second-order valence-corrected chi connectivity index (χ2v) is 6.19. The Hall–Kier alpha value is -2.32. The average Bonchev–Trinajstić information content (AvgIpc) is 2.61. The molecule has 1 aromatic heterocycles. The van der Waals surface area contributed by atoms with Gasteiger partial charge >= 0.3 is 6.61 Å². The molecular formula is C18H21F2N3O3. The Bertz CT molecular complexity index is 712. The molecule has 0 unspecified atom stereocenters. The third kappa shape index (κ3) is 4.64. The summed E-state index contributed by atoms with van der Waals surface area (Å²) in [5.41, 5.74) is 2.28. The van der Waals surface area contributed by atoms with Gasteiger partial charge in [-0.15, -0.1) is 0 Å². The van der Waals surface area contributed by atoms with E-state index in [9.17, 15) is 13.9 Å². The van der Waals surface area contributed by atoms with Crippen molar-refractivity contribution in [1.29, 1.82) is 0 Å². The smallest absolute Gasteiger partial charge is 0.387 e. The van der Waals surface area contributed by atoms with E-state index >= 15 is 0 Å². The maximum Gasteiger partial charge on any atom is 0.387 e. The Labute approximate surface area is 150 Å². The fraction of sp³-hybridized carbons (Fsp3) is 0.444. The zero-order valence-corrected chi connectivity index (χ0v) is 14.4. The first-order chi connectivity index (χ1) is 12.5. The van der Waals surface area contributed by atoms with Crippen molar-refractivity contribution in [2.45, 2.75) is 39.0 Å². The van der Waals surface area contributed by atoms with Gasteiger partial charge in [-0.3, -0.25) is 0 Å². The highest BCUT2D eigenvalue weighted by Gasteiger charge is 2.16. The molecule has 6 nitrogen and oxygen atoms in total. The molecular weight excluding hydrogens is 344 g/mol. The lowest BCUT2D eigenvalue weighted by Crippen LogP contribution is -2.34. The van der Waals surface area contributed by atoms with Crippen LogP contribution in [-0.2, 0) is 11.3 Å². The third-order valence-corrected chi connectivity index (χ3v) is 4.28. The lowest BCUT2D eigenvalue weighted by atomic mass is 10.0. The van der Waals surface area contributed by atoms with E-state index in [1.54, 1.807) is 13.0 Å². The highest BCUT2D eigenvalue weighted by atomic mass is 19.3. The summed E-state index contributed by atoms with van der Waals surface area (Å²) in [5, 5.41) is 21.9. The van der Waals surface area contributed by atoms with Crippen molar-refractivity contribution in [2.24, 2.45) is 0 Å². The van der Waals surface area contributed by atoms with E-state index in [1.807, 2.05) is 6.07 Å². The number of ether oxygens (including phenoxy) is 2. The van der Waals surface area contributed by atoms with Gasteiger partial charge in [0.05, 0.1) is 11.4 Å². The molecule has 1 aliphatic rings. The van der Waals surface area contributed by atoms with Crippen LogP contribution in [0, 0.1) is 6.92 Å². The van der Waals surface area contributed by atoms with Crippen LogP contribution in [0.3, 0.4) is 0 Å². The molecule has 2 aromatic rings. The van der Waals surface area contributed by atoms with Crippen LogP contribution in [0.4, 0.5) is 8.78 Å². The minimum atomic E-state index is -2.94. The standard InChI is InChI=1S/C18H21F2N3O3/c1-11-8-14(26-18(19)20)9-16(24)17(11)15-3-2-13(22-23-15)10-21-12-4-6-25-7-5-12/h2-3,8-9,12,18,21,24H,4-7,10H2,1H3. The molecule has 8 heteroatoms. The van der Waals surface area contributed by atoms with Crippen LogP contribution in [-0.4, -0.2) is 41.2 Å².